The van der Waals surface area contributed by atoms with Crippen molar-refractivity contribution in [2.24, 2.45) is 0 Å². The molecule has 1 amide bonds. The molecule has 0 aliphatic rings. The lowest BCUT2D eigenvalue weighted by Crippen LogP contribution is -2.30. The van der Waals surface area contributed by atoms with Crippen LogP contribution in [0.1, 0.15) is 17.3 Å². The van der Waals surface area contributed by atoms with Crippen LogP contribution in [0.2, 0.25) is 0 Å². The second-order valence-corrected chi connectivity index (χ2v) is 5.87. The summed E-state index contributed by atoms with van der Waals surface area (Å²) in [4.78, 5) is 20.5. The molecule has 0 spiro atoms. The molecule has 0 atom stereocenters. The van der Waals surface area contributed by atoms with E-state index in [1.807, 2.05) is 31.2 Å². The first-order valence-corrected chi connectivity index (χ1v) is 8.91. The van der Waals surface area contributed by atoms with E-state index in [-0.39, 0.29) is 17.4 Å². The number of anilines is 4. The molecule has 3 rings (SSSR count). The minimum Gasteiger partial charge on any atom is -0.497 e. The first-order valence-electron chi connectivity index (χ1n) is 8.91. The Morgan fingerprint density at radius 1 is 1.00 bits per heavy atom. The van der Waals surface area contributed by atoms with E-state index in [0.717, 1.165) is 11.4 Å². The van der Waals surface area contributed by atoms with Gasteiger partial charge in [0, 0.05) is 11.3 Å². The molecule has 3 aromatic rings. The molecule has 0 aliphatic carbocycles. The maximum atomic E-state index is 12.3. The highest BCUT2D eigenvalue weighted by Crippen LogP contribution is 2.26. The van der Waals surface area contributed by atoms with E-state index in [2.05, 4.69) is 26.1 Å². The molecule has 0 saturated heterocycles. The molecule has 150 valence electrons. The number of hydrazine groups is 1. The molecule has 1 aromatic heterocycles. The molecule has 5 N–H and O–H groups in total. The van der Waals surface area contributed by atoms with Crippen molar-refractivity contribution >= 4 is 28.9 Å². The van der Waals surface area contributed by atoms with Crippen molar-refractivity contribution in [3.05, 3.63) is 60.4 Å². The monoisotopic (exact) mass is 394 g/mol. The number of hydrogen-bond donors (Lipinski definition) is 4. The van der Waals surface area contributed by atoms with Gasteiger partial charge in [0.05, 0.1) is 13.7 Å². The number of methoxy groups -OCH3 is 1. The smallest absolute Gasteiger partial charge is 0.269 e. The highest BCUT2D eigenvalue weighted by atomic mass is 16.5. The molecule has 9 heteroatoms. The van der Waals surface area contributed by atoms with Gasteiger partial charge in [-0.1, -0.05) is 0 Å². The highest BCUT2D eigenvalue weighted by molar-refractivity contribution is 5.95. The summed E-state index contributed by atoms with van der Waals surface area (Å²) in [5.41, 5.74) is 12.9. The minimum atomic E-state index is -0.341. The average molecular weight is 394 g/mol. The zero-order chi connectivity index (χ0) is 20.6. The number of carbonyl (C=O) groups excluding carboxylic acids is 1. The SMILES string of the molecule is CCOc1ccc(Nc2ncnc(NNC(=O)c3ccc(OC)cc3)c2N)cc1. The molecule has 1 heterocycles. The molecule has 29 heavy (non-hydrogen) atoms. The molecular formula is C20H22N6O3. The van der Waals surface area contributed by atoms with Crippen LogP contribution in [0.5, 0.6) is 11.5 Å². The molecular weight excluding hydrogens is 372 g/mol. The Morgan fingerprint density at radius 3 is 2.31 bits per heavy atom. The lowest BCUT2D eigenvalue weighted by molar-refractivity contribution is 0.0962. The van der Waals surface area contributed by atoms with Gasteiger partial charge in [0.25, 0.3) is 5.91 Å². The summed E-state index contributed by atoms with van der Waals surface area (Å²) in [5, 5.41) is 3.12. The minimum absolute atomic E-state index is 0.261. The van der Waals surface area contributed by atoms with E-state index < -0.39 is 0 Å². The standard InChI is InChI=1S/C20H22N6O3/c1-3-29-16-10-6-14(7-11-16)24-18-17(21)19(23-12-22-18)25-26-20(27)13-4-8-15(28-2)9-5-13/h4-12H,3,21H2,1-2H3,(H,26,27)(H2,22,23,24,25). The predicted molar refractivity (Wildman–Crippen MR) is 111 cm³/mol. The molecule has 0 radical (unpaired) electrons. The number of benzene rings is 2. The summed E-state index contributed by atoms with van der Waals surface area (Å²) in [5.74, 6) is 1.78. The third-order valence-corrected chi connectivity index (χ3v) is 3.96. The van der Waals surface area contributed by atoms with E-state index >= 15 is 0 Å². The van der Waals surface area contributed by atoms with Crippen LogP contribution in [0.15, 0.2) is 54.9 Å². The van der Waals surface area contributed by atoms with E-state index in [1.165, 1.54) is 6.33 Å². The van der Waals surface area contributed by atoms with E-state index in [0.29, 0.717) is 23.7 Å². The molecule has 0 aliphatic heterocycles. The summed E-state index contributed by atoms with van der Waals surface area (Å²) in [6, 6.07) is 14.1. The number of hydrogen-bond acceptors (Lipinski definition) is 8. The summed E-state index contributed by atoms with van der Waals surface area (Å²) in [7, 11) is 1.56. The van der Waals surface area contributed by atoms with Crippen LogP contribution < -0.4 is 31.4 Å². The molecule has 0 unspecified atom stereocenters. The third-order valence-electron chi connectivity index (χ3n) is 3.96. The fourth-order valence-corrected chi connectivity index (χ4v) is 2.46. The summed E-state index contributed by atoms with van der Waals surface area (Å²) in [6.45, 7) is 2.53. The number of amides is 1. The predicted octanol–water partition coefficient (Wildman–Crippen LogP) is 2.97. The molecule has 0 saturated carbocycles. The summed E-state index contributed by atoms with van der Waals surface area (Å²) < 4.78 is 10.5. The lowest BCUT2D eigenvalue weighted by atomic mass is 10.2. The van der Waals surface area contributed by atoms with Crippen molar-refractivity contribution < 1.29 is 14.3 Å². The first kappa shape index (κ1) is 19.7. The topological polar surface area (TPSA) is 123 Å². The van der Waals surface area contributed by atoms with Gasteiger partial charge in [-0.25, -0.2) is 9.97 Å². The van der Waals surface area contributed by atoms with Crippen LogP contribution in [0.25, 0.3) is 0 Å². The number of ether oxygens (including phenoxy) is 2. The number of nitrogens with one attached hydrogen (secondary N) is 3. The van der Waals surface area contributed by atoms with Gasteiger partial charge in [0.2, 0.25) is 0 Å². The van der Waals surface area contributed by atoms with E-state index in [1.54, 1.807) is 31.4 Å². The molecule has 0 bridgehead atoms. The average Bonchev–Trinajstić information content (AvgIpc) is 2.75. The number of nitrogens with two attached hydrogens (primary N) is 1. The van der Waals surface area contributed by atoms with Crippen LogP contribution >= 0.6 is 0 Å². The van der Waals surface area contributed by atoms with Gasteiger partial charge in [0.15, 0.2) is 11.6 Å². The van der Waals surface area contributed by atoms with Gasteiger partial charge < -0.3 is 20.5 Å². The number of nitrogens with zero attached hydrogens (tertiary/aromatic N) is 2. The Bertz CT molecular complexity index is 961. The van der Waals surface area contributed by atoms with Crippen molar-refractivity contribution in [2.45, 2.75) is 6.92 Å². The Balaban J connectivity index is 1.65. The Hall–Kier alpha value is -4.01. The van der Waals surface area contributed by atoms with Crippen molar-refractivity contribution in [1.29, 1.82) is 0 Å². The number of nitrogen functional groups attached to an aromatic ring is 1. The van der Waals surface area contributed by atoms with Gasteiger partial charge in [-0.3, -0.25) is 15.6 Å². The normalized spacial score (nSPS) is 10.1. The van der Waals surface area contributed by atoms with E-state index in [4.69, 9.17) is 15.2 Å². The van der Waals surface area contributed by atoms with Crippen LogP contribution in [0.3, 0.4) is 0 Å². The maximum Gasteiger partial charge on any atom is 0.269 e. The molecule has 9 nitrogen and oxygen atoms in total. The van der Waals surface area contributed by atoms with Gasteiger partial charge in [0.1, 0.15) is 23.5 Å². The van der Waals surface area contributed by atoms with E-state index in [9.17, 15) is 4.79 Å². The van der Waals surface area contributed by atoms with Crippen LogP contribution in [0.4, 0.5) is 23.0 Å². The van der Waals surface area contributed by atoms with Crippen molar-refractivity contribution in [3.8, 4) is 11.5 Å². The summed E-state index contributed by atoms with van der Waals surface area (Å²) >= 11 is 0. The maximum absolute atomic E-state index is 12.3. The number of aromatic nitrogens is 2. The fourth-order valence-electron chi connectivity index (χ4n) is 2.46. The first-order chi connectivity index (χ1) is 14.1. The Labute approximate surface area is 168 Å². The zero-order valence-corrected chi connectivity index (χ0v) is 16.1. The van der Waals surface area contributed by atoms with Crippen molar-refractivity contribution in [2.75, 3.05) is 30.2 Å². The van der Waals surface area contributed by atoms with Gasteiger partial charge in [-0.2, -0.15) is 0 Å². The van der Waals surface area contributed by atoms with Crippen molar-refractivity contribution in [3.63, 3.8) is 0 Å². The zero-order valence-electron chi connectivity index (χ0n) is 16.1. The van der Waals surface area contributed by atoms with Gasteiger partial charge in [-0.15, -0.1) is 0 Å². The van der Waals surface area contributed by atoms with Gasteiger partial charge in [-0.05, 0) is 55.5 Å². The Kier molecular flexibility index (Phi) is 6.31. The van der Waals surface area contributed by atoms with Gasteiger partial charge >= 0.3 is 0 Å². The lowest BCUT2D eigenvalue weighted by Gasteiger charge is -2.13. The quantitative estimate of drug-likeness (QED) is 0.430. The number of carbonyl (C=O) groups is 1. The largest absolute Gasteiger partial charge is 0.497 e. The Morgan fingerprint density at radius 2 is 1.66 bits per heavy atom. The second kappa shape index (κ2) is 9.27. The summed E-state index contributed by atoms with van der Waals surface area (Å²) in [6.07, 6.45) is 1.34. The third kappa shape index (κ3) is 5.04. The molecule has 0 fully saturated rings. The number of rotatable bonds is 8. The second-order valence-electron chi connectivity index (χ2n) is 5.87. The molecule has 2 aromatic carbocycles. The van der Waals surface area contributed by atoms with Crippen molar-refractivity contribution in [1.82, 2.24) is 15.4 Å². The highest BCUT2D eigenvalue weighted by Gasteiger charge is 2.11. The van der Waals surface area contributed by atoms with Crippen LogP contribution in [0, 0.1) is 0 Å². The van der Waals surface area contributed by atoms with Crippen LogP contribution in [-0.4, -0.2) is 29.6 Å². The fraction of sp³-hybridized carbons (Fsp3) is 0.150. The van der Waals surface area contributed by atoms with Crippen LogP contribution in [-0.2, 0) is 0 Å².